The zero-order chi connectivity index (χ0) is 14.7. The van der Waals surface area contributed by atoms with Crippen LogP contribution in [0.2, 0.25) is 0 Å². The summed E-state index contributed by atoms with van der Waals surface area (Å²) >= 11 is 5.34. The van der Waals surface area contributed by atoms with Gasteiger partial charge in [-0.1, -0.05) is 39.9 Å². The number of nitrogens with one attached hydrogen (secondary N) is 1. The largest absolute Gasteiger partial charge is 0.347 e. The molecule has 1 aromatic heterocycles. The molecule has 1 saturated carbocycles. The van der Waals surface area contributed by atoms with E-state index in [1.165, 1.54) is 31.4 Å². The first kappa shape index (κ1) is 15.7. The fourth-order valence-electron chi connectivity index (χ4n) is 3.33. The lowest BCUT2D eigenvalue weighted by Gasteiger charge is -2.30. The minimum Gasteiger partial charge on any atom is -0.347 e. The van der Waals surface area contributed by atoms with E-state index in [1.54, 1.807) is 0 Å². The van der Waals surface area contributed by atoms with Gasteiger partial charge in [-0.3, -0.25) is 0 Å². The van der Waals surface area contributed by atoms with Gasteiger partial charge >= 0.3 is 0 Å². The van der Waals surface area contributed by atoms with Crippen LogP contribution in [0.15, 0.2) is 6.07 Å². The predicted molar refractivity (Wildman–Crippen MR) is 87.5 cm³/mol. The molecule has 2 rings (SSSR count). The van der Waals surface area contributed by atoms with Gasteiger partial charge in [0.2, 0.25) is 0 Å². The Morgan fingerprint density at radius 3 is 2.40 bits per heavy atom. The Kier molecular flexibility index (Phi) is 5.36. The molecule has 0 atom stereocenters. The first-order chi connectivity index (χ1) is 9.45. The van der Waals surface area contributed by atoms with Crippen LogP contribution in [0.1, 0.15) is 70.8 Å². The van der Waals surface area contributed by atoms with Gasteiger partial charge < -0.3 is 4.98 Å². The molecule has 112 valence electrons. The van der Waals surface area contributed by atoms with E-state index in [9.17, 15) is 0 Å². The highest BCUT2D eigenvalue weighted by molar-refractivity contribution is 7.71. The smallest absolute Gasteiger partial charge is 0.129 e. The lowest BCUT2D eigenvalue weighted by molar-refractivity contribution is 0.254. The van der Waals surface area contributed by atoms with E-state index in [0.29, 0.717) is 11.8 Å². The van der Waals surface area contributed by atoms with Crippen molar-refractivity contribution in [2.75, 3.05) is 0 Å². The third-order valence-corrected chi connectivity index (χ3v) is 4.76. The van der Waals surface area contributed by atoms with Crippen molar-refractivity contribution < 1.29 is 0 Å². The molecule has 1 heterocycles. The third-order valence-electron chi connectivity index (χ3n) is 4.55. The minimum absolute atomic E-state index is 0.582. The molecule has 0 saturated heterocycles. The number of hydrogen-bond donors (Lipinski definition) is 1. The van der Waals surface area contributed by atoms with Crippen LogP contribution in [0.5, 0.6) is 0 Å². The van der Waals surface area contributed by atoms with Crippen molar-refractivity contribution in [3.8, 4) is 0 Å². The van der Waals surface area contributed by atoms with E-state index in [0.717, 1.165) is 28.7 Å². The molecular formula is C17H28N2S. The zero-order valence-corrected chi connectivity index (χ0v) is 14.1. The van der Waals surface area contributed by atoms with Crippen molar-refractivity contribution in [1.29, 1.82) is 0 Å². The lowest BCUT2D eigenvalue weighted by atomic mass is 9.76. The molecule has 0 aliphatic heterocycles. The van der Waals surface area contributed by atoms with E-state index in [4.69, 9.17) is 12.2 Å². The van der Waals surface area contributed by atoms with Crippen LogP contribution in [-0.2, 0) is 6.42 Å². The van der Waals surface area contributed by atoms with Gasteiger partial charge in [0, 0.05) is 11.6 Å². The number of nitrogens with zero attached hydrogens (tertiary/aromatic N) is 1. The molecule has 0 amide bonds. The van der Waals surface area contributed by atoms with Crippen molar-refractivity contribution in [2.24, 2.45) is 17.8 Å². The van der Waals surface area contributed by atoms with Crippen molar-refractivity contribution in [3.63, 3.8) is 0 Å². The Hall–Kier alpha value is -0.700. The first-order valence-electron chi connectivity index (χ1n) is 8.05. The monoisotopic (exact) mass is 292 g/mol. The normalized spacial score (nSPS) is 23.5. The molecule has 1 aliphatic carbocycles. The van der Waals surface area contributed by atoms with Crippen LogP contribution >= 0.6 is 12.2 Å². The fraction of sp³-hybridized carbons (Fsp3) is 0.765. The Morgan fingerprint density at radius 1 is 1.20 bits per heavy atom. The standard InChI is InChI=1S/C17H28N2S/c1-11(2)9-15-10-16(20)19-17(18-15)14-7-5-13(6-8-14)12(3)4/h10-14H,5-9H2,1-4H3,(H,18,19,20). The van der Waals surface area contributed by atoms with Gasteiger partial charge in [-0.15, -0.1) is 0 Å². The van der Waals surface area contributed by atoms with Crippen molar-refractivity contribution in [2.45, 2.75) is 65.7 Å². The van der Waals surface area contributed by atoms with E-state index in [2.05, 4.69) is 37.7 Å². The Labute approximate surface area is 128 Å². The maximum Gasteiger partial charge on any atom is 0.129 e. The van der Waals surface area contributed by atoms with Gasteiger partial charge in [0.1, 0.15) is 10.5 Å². The van der Waals surface area contributed by atoms with E-state index in [1.807, 2.05) is 6.07 Å². The zero-order valence-electron chi connectivity index (χ0n) is 13.3. The second-order valence-electron chi connectivity index (χ2n) is 7.08. The molecule has 0 aromatic carbocycles. The first-order valence-corrected chi connectivity index (χ1v) is 8.46. The summed E-state index contributed by atoms with van der Waals surface area (Å²) in [4.78, 5) is 8.15. The summed E-state index contributed by atoms with van der Waals surface area (Å²) in [6.45, 7) is 9.18. The van der Waals surface area contributed by atoms with Gasteiger partial charge in [-0.05, 0) is 55.9 Å². The van der Waals surface area contributed by atoms with Gasteiger partial charge in [0.05, 0.1) is 0 Å². The highest BCUT2D eigenvalue weighted by atomic mass is 32.1. The number of hydrogen-bond acceptors (Lipinski definition) is 2. The van der Waals surface area contributed by atoms with Crippen LogP contribution in [0.4, 0.5) is 0 Å². The van der Waals surface area contributed by atoms with E-state index < -0.39 is 0 Å². The topological polar surface area (TPSA) is 28.7 Å². The summed E-state index contributed by atoms with van der Waals surface area (Å²) < 4.78 is 0.750. The molecule has 0 unspecified atom stereocenters. The summed E-state index contributed by atoms with van der Waals surface area (Å²) in [6, 6.07) is 2.03. The molecule has 2 nitrogen and oxygen atoms in total. The van der Waals surface area contributed by atoms with Crippen LogP contribution in [-0.4, -0.2) is 9.97 Å². The summed E-state index contributed by atoms with van der Waals surface area (Å²) in [5, 5.41) is 0. The van der Waals surface area contributed by atoms with Gasteiger partial charge in [-0.2, -0.15) is 0 Å². The third kappa shape index (κ3) is 4.15. The molecule has 1 N–H and O–H groups in total. The summed E-state index contributed by atoms with van der Waals surface area (Å²) in [5.41, 5.74) is 1.25. The van der Waals surface area contributed by atoms with Crippen LogP contribution < -0.4 is 0 Å². The molecule has 0 radical (unpaired) electrons. The highest BCUT2D eigenvalue weighted by Gasteiger charge is 2.25. The SMILES string of the molecule is CC(C)Cc1cc(=S)nc(C2CCC(C(C)C)CC2)[nH]1. The number of aromatic nitrogens is 2. The Morgan fingerprint density at radius 2 is 1.85 bits per heavy atom. The molecule has 1 fully saturated rings. The molecule has 0 spiro atoms. The van der Waals surface area contributed by atoms with Gasteiger partial charge in [0.25, 0.3) is 0 Å². The Balaban J connectivity index is 2.09. The maximum atomic E-state index is 5.34. The molecule has 3 heteroatoms. The van der Waals surface area contributed by atoms with Crippen LogP contribution in [0.25, 0.3) is 0 Å². The molecular weight excluding hydrogens is 264 g/mol. The van der Waals surface area contributed by atoms with Gasteiger partial charge in [0.15, 0.2) is 0 Å². The molecule has 1 aromatic rings. The average Bonchev–Trinajstić information content (AvgIpc) is 2.37. The van der Waals surface area contributed by atoms with Crippen molar-refractivity contribution >= 4 is 12.2 Å². The minimum atomic E-state index is 0.582. The summed E-state index contributed by atoms with van der Waals surface area (Å²) in [7, 11) is 0. The van der Waals surface area contributed by atoms with Crippen molar-refractivity contribution in [1.82, 2.24) is 9.97 Å². The van der Waals surface area contributed by atoms with Crippen molar-refractivity contribution in [3.05, 3.63) is 22.2 Å². The van der Waals surface area contributed by atoms with Crippen LogP contribution in [0.3, 0.4) is 0 Å². The highest BCUT2D eigenvalue weighted by Crippen LogP contribution is 2.37. The average molecular weight is 292 g/mol. The summed E-state index contributed by atoms with van der Waals surface area (Å²) in [5.74, 6) is 4.07. The van der Waals surface area contributed by atoms with Crippen LogP contribution in [0, 0.1) is 22.4 Å². The predicted octanol–water partition coefficient (Wildman–Crippen LogP) is 5.27. The molecule has 1 aliphatic rings. The number of aromatic amines is 1. The summed E-state index contributed by atoms with van der Waals surface area (Å²) in [6.07, 6.45) is 6.23. The maximum absolute atomic E-state index is 5.34. The molecule has 20 heavy (non-hydrogen) atoms. The Bertz CT molecular complexity index is 482. The second kappa shape index (κ2) is 6.84. The quantitative estimate of drug-likeness (QED) is 0.766. The second-order valence-corrected chi connectivity index (χ2v) is 7.50. The lowest BCUT2D eigenvalue weighted by Crippen LogP contribution is -2.19. The van der Waals surface area contributed by atoms with E-state index in [-0.39, 0.29) is 0 Å². The molecule has 0 bridgehead atoms. The van der Waals surface area contributed by atoms with Gasteiger partial charge in [-0.25, -0.2) is 4.98 Å². The number of H-pyrrole nitrogens is 1. The van der Waals surface area contributed by atoms with E-state index >= 15 is 0 Å². The fourth-order valence-corrected chi connectivity index (χ4v) is 3.57. The number of rotatable bonds is 4.